The Morgan fingerprint density at radius 3 is 2.81 bits per heavy atom. The van der Waals surface area contributed by atoms with Gasteiger partial charge in [0.15, 0.2) is 6.16 Å². The van der Waals surface area contributed by atoms with Crippen molar-refractivity contribution in [1.29, 1.82) is 0 Å². The van der Waals surface area contributed by atoms with Crippen LogP contribution in [0.5, 0.6) is 5.75 Å². The van der Waals surface area contributed by atoms with Gasteiger partial charge in [-0.3, -0.25) is 0 Å². The maximum Gasteiger partial charge on any atom is 0.505 e. The fraction of sp³-hybridized carbons (Fsp3) is 0.455. The van der Waals surface area contributed by atoms with E-state index in [0.29, 0.717) is 17.6 Å². The molecule has 1 aromatic rings. The molecule has 0 fully saturated rings. The Bertz CT molecular complexity index is 368. The van der Waals surface area contributed by atoms with E-state index in [2.05, 4.69) is 0 Å². The largest absolute Gasteiger partial charge is 0.505 e. The van der Waals surface area contributed by atoms with Gasteiger partial charge in [-0.05, 0) is 41.5 Å². The summed E-state index contributed by atoms with van der Waals surface area (Å²) < 4.78 is 15.6. The highest BCUT2D eigenvalue weighted by Crippen LogP contribution is 2.23. The van der Waals surface area contributed by atoms with Crippen LogP contribution in [-0.4, -0.2) is 18.2 Å². The number of nitrogen functional groups attached to an aromatic ring is 1. The first-order valence-corrected chi connectivity index (χ1v) is 6.59. The van der Waals surface area contributed by atoms with Crippen molar-refractivity contribution in [2.45, 2.75) is 19.3 Å². The molecular weight excluding hydrogens is 225 g/mol. The van der Waals surface area contributed by atoms with Crippen molar-refractivity contribution in [3.8, 4) is 5.75 Å². The summed E-state index contributed by atoms with van der Waals surface area (Å²) in [5, 5.41) is 0. The van der Waals surface area contributed by atoms with E-state index in [9.17, 15) is 4.57 Å². The number of hydrogen-bond acceptors (Lipinski definition) is 3. The first-order chi connectivity index (χ1) is 7.63. The molecule has 0 aliphatic rings. The molecule has 1 atom stereocenters. The molecule has 16 heavy (non-hydrogen) atoms. The summed E-state index contributed by atoms with van der Waals surface area (Å²) in [6.07, 6.45) is 2.91. The van der Waals surface area contributed by atoms with E-state index in [-0.39, 0.29) is 0 Å². The molecule has 0 amide bonds. The summed E-state index contributed by atoms with van der Waals surface area (Å²) in [6, 6.07) is 5.69. The van der Waals surface area contributed by atoms with Crippen molar-refractivity contribution in [1.82, 2.24) is 0 Å². The average molecular weight is 242 g/mol. The molecule has 1 unspecified atom stereocenters. The third kappa shape index (κ3) is 4.17. The van der Waals surface area contributed by atoms with Gasteiger partial charge in [-0.25, -0.2) is 0 Å². The maximum absolute atomic E-state index is 10.5. The lowest BCUT2D eigenvalue weighted by molar-refractivity contribution is 0.416. The van der Waals surface area contributed by atoms with Crippen LogP contribution in [0.2, 0.25) is 0 Å². The van der Waals surface area contributed by atoms with Gasteiger partial charge in [0.1, 0.15) is 5.75 Å². The molecule has 0 heterocycles. The number of nitrogens with two attached hydrogens (primary N) is 1. The van der Waals surface area contributed by atoms with Crippen molar-refractivity contribution < 1.29 is 14.2 Å². The van der Waals surface area contributed by atoms with Crippen LogP contribution < -0.4 is 10.5 Å². The molecule has 88 valence electrons. The highest BCUT2D eigenvalue weighted by atomic mass is 31.1. The number of aryl methyl sites for hydroxylation is 1. The van der Waals surface area contributed by atoms with Crippen molar-refractivity contribution in [2.75, 3.05) is 19.0 Å². The molecule has 5 heteroatoms. The van der Waals surface area contributed by atoms with Crippen LogP contribution in [0.15, 0.2) is 18.2 Å². The monoisotopic (exact) mass is 242 g/mol. The third-order valence-electron chi connectivity index (χ3n) is 2.36. The predicted octanol–water partition coefficient (Wildman–Crippen LogP) is 2.33. The Morgan fingerprint density at radius 1 is 1.44 bits per heavy atom. The molecule has 3 N–H and O–H groups in total. The molecule has 1 rings (SSSR count). The highest BCUT2D eigenvalue weighted by Gasteiger charge is 2.08. The lowest BCUT2D eigenvalue weighted by Gasteiger charge is -2.06. The Morgan fingerprint density at radius 2 is 2.19 bits per heavy atom. The number of methoxy groups -OCH3 is 1. The SMILES string of the molecule is COc1cc(CCCC[P+](=O)O)ccc1N. The summed E-state index contributed by atoms with van der Waals surface area (Å²) in [5.41, 5.74) is 7.47. The predicted molar refractivity (Wildman–Crippen MR) is 65.0 cm³/mol. The Labute approximate surface area is 96.3 Å². The lowest BCUT2D eigenvalue weighted by Crippen LogP contribution is -1.94. The zero-order valence-corrected chi connectivity index (χ0v) is 10.2. The van der Waals surface area contributed by atoms with Gasteiger partial charge in [-0.15, -0.1) is 0 Å². The summed E-state index contributed by atoms with van der Waals surface area (Å²) in [4.78, 5) is 8.64. The van der Waals surface area contributed by atoms with Crippen molar-refractivity contribution in [3.05, 3.63) is 23.8 Å². The van der Waals surface area contributed by atoms with Crippen LogP contribution >= 0.6 is 8.03 Å². The van der Waals surface area contributed by atoms with E-state index in [1.807, 2.05) is 18.2 Å². The van der Waals surface area contributed by atoms with Crippen LogP contribution in [0.1, 0.15) is 18.4 Å². The molecular formula is C11H17NO3P+. The quantitative estimate of drug-likeness (QED) is 0.456. The number of benzene rings is 1. The number of unbranched alkanes of at least 4 members (excludes halogenated alkanes) is 1. The zero-order valence-electron chi connectivity index (χ0n) is 9.35. The normalized spacial score (nSPS) is 11.2. The van der Waals surface area contributed by atoms with Gasteiger partial charge in [-0.1, -0.05) is 6.07 Å². The minimum absolute atomic E-state index is 0.376. The molecule has 0 bridgehead atoms. The van der Waals surface area contributed by atoms with E-state index in [4.69, 9.17) is 15.4 Å². The second-order valence-corrected chi connectivity index (χ2v) is 4.76. The second-order valence-electron chi connectivity index (χ2n) is 3.61. The van der Waals surface area contributed by atoms with Crippen LogP contribution in [-0.2, 0) is 11.0 Å². The van der Waals surface area contributed by atoms with Crippen LogP contribution in [0, 0.1) is 0 Å². The van der Waals surface area contributed by atoms with Crippen LogP contribution in [0.3, 0.4) is 0 Å². The number of rotatable bonds is 6. The minimum Gasteiger partial charge on any atom is -0.495 e. The van der Waals surface area contributed by atoms with Gasteiger partial charge in [0.2, 0.25) is 0 Å². The van der Waals surface area contributed by atoms with Crippen molar-refractivity contribution in [2.24, 2.45) is 0 Å². The number of ether oxygens (including phenoxy) is 1. The second kappa shape index (κ2) is 6.46. The van der Waals surface area contributed by atoms with E-state index < -0.39 is 8.03 Å². The Balaban J connectivity index is 2.45. The van der Waals surface area contributed by atoms with Gasteiger partial charge >= 0.3 is 8.03 Å². The average Bonchev–Trinajstić information content (AvgIpc) is 2.26. The maximum atomic E-state index is 10.5. The minimum atomic E-state index is -1.99. The molecule has 0 spiro atoms. The smallest absolute Gasteiger partial charge is 0.495 e. The van der Waals surface area contributed by atoms with Crippen LogP contribution in [0.4, 0.5) is 5.69 Å². The molecule has 1 aromatic carbocycles. The molecule has 0 aliphatic heterocycles. The van der Waals surface area contributed by atoms with E-state index in [1.54, 1.807) is 7.11 Å². The van der Waals surface area contributed by atoms with Gasteiger partial charge in [0.25, 0.3) is 0 Å². The Kier molecular flexibility index (Phi) is 5.23. The lowest BCUT2D eigenvalue weighted by atomic mass is 10.1. The highest BCUT2D eigenvalue weighted by molar-refractivity contribution is 7.37. The third-order valence-corrected chi connectivity index (χ3v) is 3.06. The number of anilines is 1. The van der Waals surface area contributed by atoms with E-state index >= 15 is 0 Å². The van der Waals surface area contributed by atoms with Crippen molar-refractivity contribution in [3.63, 3.8) is 0 Å². The van der Waals surface area contributed by atoms with Crippen LogP contribution in [0.25, 0.3) is 0 Å². The molecule has 4 nitrogen and oxygen atoms in total. The molecule has 0 aliphatic carbocycles. The number of hydrogen-bond donors (Lipinski definition) is 2. The van der Waals surface area contributed by atoms with Gasteiger partial charge in [0.05, 0.1) is 12.8 Å². The first-order valence-electron chi connectivity index (χ1n) is 5.19. The molecule has 0 radical (unpaired) electrons. The first kappa shape index (κ1) is 12.9. The zero-order chi connectivity index (χ0) is 12.0. The fourth-order valence-corrected chi connectivity index (χ4v) is 1.98. The topological polar surface area (TPSA) is 72.5 Å². The Hall–Kier alpha value is -1.12. The van der Waals surface area contributed by atoms with Gasteiger partial charge in [-0.2, -0.15) is 4.89 Å². The molecule has 0 saturated heterocycles. The molecule has 0 aromatic heterocycles. The summed E-state index contributed by atoms with van der Waals surface area (Å²) in [5.74, 6) is 0.686. The standard InChI is InChI=1S/C11H16NO3P/c1-15-11-8-9(5-6-10(11)12)4-2-3-7-16(13)14/h5-6,8H,2-4,7,12H2,1H3/p+1. The van der Waals surface area contributed by atoms with E-state index in [1.165, 1.54) is 0 Å². The van der Waals surface area contributed by atoms with Gasteiger partial charge < -0.3 is 10.5 Å². The summed E-state index contributed by atoms with van der Waals surface area (Å²) in [6.45, 7) is 0. The molecule has 0 saturated carbocycles. The fourth-order valence-electron chi connectivity index (χ4n) is 1.49. The summed E-state index contributed by atoms with van der Waals surface area (Å²) in [7, 11) is -0.401. The van der Waals surface area contributed by atoms with Crippen molar-refractivity contribution >= 4 is 13.7 Å². The van der Waals surface area contributed by atoms with E-state index in [0.717, 1.165) is 24.8 Å². The van der Waals surface area contributed by atoms with Gasteiger partial charge in [0, 0.05) is 0 Å². The summed E-state index contributed by atoms with van der Waals surface area (Å²) >= 11 is 0.